The minimum atomic E-state index is 0.223. The molecule has 3 heteroatoms. The van der Waals surface area contributed by atoms with E-state index in [-0.39, 0.29) is 6.04 Å². The minimum Gasteiger partial charge on any atom is -0.328 e. The monoisotopic (exact) mass is 245 g/mol. The zero-order valence-corrected chi connectivity index (χ0v) is 10.6. The molecule has 0 heterocycles. The average molecular weight is 246 g/mol. The third-order valence-electron chi connectivity index (χ3n) is 2.39. The zero-order valence-electron chi connectivity index (χ0n) is 9.13. The van der Waals surface area contributed by atoms with E-state index in [1.165, 1.54) is 0 Å². The summed E-state index contributed by atoms with van der Waals surface area (Å²) in [7, 11) is 0. The van der Waals surface area contributed by atoms with Gasteiger partial charge in [-0.25, -0.2) is 0 Å². The molecule has 0 aliphatic heterocycles. The topological polar surface area (TPSA) is 26.0 Å². The fourth-order valence-corrected chi connectivity index (χ4v) is 2.35. The molecule has 0 fully saturated rings. The average Bonchev–Trinajstić information content (AvgIpc) is 2.10. The molecule has 2 atom stereocenters. The largest absolute Gasteiger partial charge is 0.328 e. The number of hydrogen-bond acceptors (Lipinski definition) is 1. The summed E-state index contributed by atoms with van der Waals surface area (Å²) in [5.41, 5.74) is 6.79. The standard InChI is InChI=1S/C12H17Cl2N/c1-8(6-9(2)15)7-10-11(13)4-3-5-12(10)14/h3-5,8-9H,6-7,15H2,1-2H3. The van der Waals surface area contributed by atoms with Crippen LogP contribution < -0.4 is 5.73 Å². The summed E-state index contributed by atoms with van der Waals surface area (Å²) >= 11 is 12.2. The van der Waals surface area contributed by atoms with Crippen LogP contribution in [-0.2, 0) is 6.42 Å². The van der Waals surface area contributed by atoms with Crippen LogP contribution >= 0.6 is 23.2 Å². The Bertz CT molecular complexity index is 303. The summed E-state index contributed by atoms with van der Waals surface area (Å²) in [4.78, 5) is 0. The van der Waals surface area contributed by atoms with Crippen LogP contribution in [0.1, 0.15) is 25.8 Å². The second-order valence-electron chi connectivity index (χ2n) is 4.22. The van der Waals surface area contributed by atoms with Crippen LogP contribution in [0.3, 0.4) is 0 Å². The maximum atomic E-state index is 6.09. The van der Waals surface area contributed by atoms with Crippen molar-refractivity contribution in [3.8, 4) is 0 Å². The quantitative estimate of drug-likeness (QED) is 0.856. The predicted molar refractivity (Wildman–Crippen MR) is 67.6 cm³/mol. The molecule has 1 rings (SSSR count). The molecule has 15 heavy (non-hydrogen) atoms. The van der Waals surface area contributed by atoms with Crippen molar-refractivity contribution in [1.29, 1.82) is 0 Å². The molecule has 0 saturated heterocycles. The van der Waals surface area contributed by atoms with Crippen molar-refractivity contribution in [3.63, 3.8) is 0 Å². The Kier molecular flexibility index (Phi) is 4.91. The van der Waals surface area contributed by atoms with Gasteiger partial charge in [-0.1, -0.05) is 36.2 Å². The highest BCUT2D eigenvalue weighted by molar-refractivity contribution is 6.35. The molecule has 0 aromatic heterocycles. The van der Waals surface area contributed by atoms with E-state index < -0.39 is 0 Å². The zero-order chi connectivity index (χ0) is 11.4. The molecule has 0 radical (unpaired) electrons. The first-order valence-electron chi connectivity index (χ1n) is 5.19. The van der Waals surface area contributed by atoms with Gasteiger partial charge in [0, 0.05) is 16.1 Å². The van der Waals surface area contributed by atoms with Crippen LogP contribution in [0, 0.1) is 5.92 Å². The lowest BCUT2D eigenvalue weighted by atomic mass is 9.95. The summed E-state index contributed by atoms with van der Waals surface area (Å²) < 4.78 is 0. The summed E-state index contributed by atoms with van der Waals surface area (Å²) in [5.74, 6) is 0.502. The highest BCUT2D eigenvalue weighted by Gasteiger charge is 2.11. The fourth-order valence-electron chi connectivity index (χ4n) is 1.79. The number of halogens is 2. The Labute approximate surface area is 102 Å². The maximum Gasteiger partial charge on any atom is 0.0452 e. The molecule has 1 aromatic rings. The highest BCUT2D eigenvalue weighted by atomic mass is 35.5. The van der Waals surface area contributed by atoms with Crippen LogP contribution in [0.5, 0.6) is 0 Å². The first kappa shape index (κ1) is 12.8. The van der Waals surface area contributed by atoms with Gasteiger partial charge in [0.1, 0.15) is 0 Å². The summed E-state index contributed by atoms with van der Waals surface area (Å²) in [6.07, 6.45) is 1.88. The molecule has 1 aromatic carbocycles. The van der Waals surface area contributed by atoms with E-state index in [0.717, 1.165) is 28.5 Å². The molecule has 0 amide bonds. The molecule has 1 nitrogen and oxygen atoms in total. The first-order chi connectivity index (χ1) is 7.00. The lowest BCUT2D eigenvalue weighted by molar-refractivity contribution is 0.480. The lowest BCUT2D eigenvalue weighted by Crippen LogP contribution is -2.19. The smallest absolute Gasteiger partial charge is 0.0452 e. The van der Waals surface area contributed by atoms with Gasteiger partial charge in [-0.05, 0) is 43.4 Å². The molecular formula is C12H17Cl2N. The summed E-state index contributed by atoms with van der Waals surface area (Å²) in [5, 5.41) is 1.50. The minimum absolute atomic E-state index is 0.223. The van der Waals surface area contributed by atoms with Crippen molar-refractivity contribution in [1.82, 2.24) is 0 Å². The van der Waals surface area contributed by atoms with Gasteiger partial charge in [-0.15, -0.1) is 0 Å². The van der Waals surface area contributed by atoms with Gasteiger partial charge in [0.05, 0.1) is 0 Å². The van der Waals surface area contributed by atoms with Crippen LogP contribution in [-0.4, -0.2) is 6.04 Å². The molecule has 84 valence electrons. The van der Waals surface area contributed by atoms with Gasteiger partial charge in [0.15, 0.2) is 0 Å². The van der Waals surface area contributed by atoms with Crippen LogP contribution in [0.15, 0.2) is 18.2 Å². The van der Waals surface area contributed by atoms with Crippen molar-refractivity contribution in [2.45, 2.75) is 32.7 Å². The Hall–Kier alpha value is -0.240. The Morgan fingerprint density at radius 2 is 1.73 bits per heavy atom. The lowest BCUT2D eigenvalue weighted by Gasteiger charge is -2.15. The van der Waals surface area contributed by atoms with Crippen LogP contribution in [0.4, 0.5) is 0 Å². The molecule has 0 bridgehead atoms. The fraction of sp³-hybridized carbons (Fsp3) is 0.500. The van der Waals surface area contributed by atoms with Gasteiger partial charge >= 0.3 is 0 Å². The van der Waals surface area contributed by atoms with Crippen molar-refractivity contribution < 1.29 is 0 Å². The molecule has 2 unspecified atom stereocenters. The van der Waals surface area contributed by atoms with E-state index in [9.17, 15) is 0 Å². The number of rotatable bonds is 4. The van der Waals surface area contributed by atoms with Crippen molar-refractivity contribution >= 4 is 23.2 Å². The van der Waals surface area contributed by atoms with Gasteiger partial charge in [0.2, 0.25) is 0 Å². The number of nitrogens with two attached hydrogens (primary N) is 1. The maximum absolute atomic E-state index is 6.09. The molecule has 0 saturated carbocycles. The summed E-state index contributed by atoms with van der Waals surface area (Å²) in [6.45, 7) is 4.19. The molecule has 0 aliphatic carbocycles. The van der Waals surface area contributed by atoms with Gasteiger partial charge in [0.25, 0.3) is 0 Å². The molecule has 0 spiro atoms. The van der Waals surface area contributed by atoms with E-state index in [1.54, 1.807) is 0 Å². The molecule has 2 N–H and O–H groups in total. The van der Waals surface area contributed by atoms with Crippen LogP contribution in [0.25, 0.3) is 0 Å². The third kappa shape index (κ3) is 4.02. The first-order valence-corrected chi connectivity index (χ1v) is 5.94. The molecular weight excluding hydrogens is 229 g/mol. The number of hydrogen-bond donors (Lipinski definition) is 1. The second kappa shape index (κ2) is 5.74. The normalized spacial score (nSPS) is 15.0. The van der Waals surface area contributed by atoms with Crippen molar-refractivity contribution in [2.75, 3.05) is 0 Å². The highest BCUT2D eigenvalue weighted by Crippen LogP contribution is 2.27. The van der Waals surface area contributed by atoms with Gasteiger partial charge in [-0.3, -0.25) is 0 Å². The van der Waals surface area contributed by atoms with Crippen molar-refractivity contribution in [2.24, 2.45) is 11.7 Å². The molecule has 0 aliphatic rings. The Morgan fingerprint density at radius 1 is 1.20 bits per heavy atom. The van der Waals surface area contributed by atoms with Gasteiger partial charge in [-0.2, -0.15) is 0 Å². The third-order valence-corrected chi connectivity index (χ3v) is 3.10. The summed E-state index contributed by atoms with van der Waals surface area (Å²) in [6, 6.07) is 5.84. The number of benzene rings is 1. The van der Waals surface area contributed by atoms with Gasteiger partial charge < -0.3 is 5.73 Å². The van der Waals surface area contributed by atoms with Crippen LogP contribution in [0.2, 0.25) is 10.0 Å². The van der Waals surface area contributed by atoms with Crippen molar-refractivity contribution in [3.05, 3.63) is 33.8 Å². The van der Waals surface area contributed by atoms with E-state index in [4.69, 9.17) is 28.9 Å². The van der Waals surface area contributed by atoms with E-state index >= 15 is 0 Å². The van der Waals surface area contributed by atoms with E-state index in [0.29, 0.717) is 5.92 Å². The van der Waals surface area contributed by atoms with E-state index in [2.05, 4.69) is 6.92 Å². The Balaban J connectivity index is 2.71. The predicted octanol–water partition coefficient (Wildman–Crippen LogP) is 3.91. The Morgan fingerprint density at radius 3 is 2.20 bits per heavy atom. The SMILES string of the molecule is CC(N)CC(C)Cc1c(Cl)cccc1Cl. The van der Waals surface area contributed by atoms with E-state index in [1.807, 2.05) is 25.1 Å². The second-order valence-corrected chi connectivity index (χ2v) is 5.04.